The van der Waals surface area contributed by atoms with Crippen molar-refractivity contribution in [3.8, 4) is 0 Å². The fraction of sp³-hybridized carbons (Fsp3) is 0.455. The first-order valence-corrected chi connectivity index (χ1v) is 11.5. The molecule has 7 heteroatoms. The van der Waals surface area contributed by atoms with E-state index in [4.69, 9.17) is 0 Å². The molecule has 1 atom stereocenters. The summed E-state index contributed by atoms with van der Waals surface area (Å²) in [5, 5.41) is 0. The quantitative estimate of drug-likeness (QED) is 0.681. The van der Waals surface area contributed by atoms with E-state index in [0.29, 0.717) is 12.1 Å². The standard InChI is InChI=1S/C22H27N3O3S/c1-17-15-24(16-22(9-10-22)20-7-11-23-12-8-20)13-14-25(17)29(27,28)21-5-3-19(4-6-21)18(2)26/h3-8,11-12,17H,9-10,13-16H2,1-2H3/t17-/m1/s1. The number of hydrogen-bond acceptors (Lipinski definition) is 5. The van der Waals surface area contributed by atoms with Crippen LogP contribution in [0.3, 0.4) is 0 Å². The second kappa shape index (κ2) is 7.63. The molecule has 0 radical (unpaired) electrons. The van der Waals surface area contributed by atoms with Crippen molar-refractivity contribution in [3.63, 3.8) is 0 Å². The number of pyridine rings is 1. The maximum Gasteiger partial charge on any atom is 0.243 e. The van der Waals surface area contributed by atoms with Gasteiger partial charge in [-0.25, -0.2) is 8.42 Å². The number of benzene rings is 1. The number of nitrogens with zero attached hydrogens (tertiary/aromatic N) is 3. The maximum absolute atomic E-state index is 13.1. The Morgan fingerprint density at radius 2 is 1.76 bits per heavy atom. The summed E-state index contributed by atoms with van der Waals surface area (Å²) < 4.78 is 27.8. The number of sulfonamides is 1. The van der Waals surface area contributed by atoms with Gasteiger partial charge in [0.25, 0.3) is 0 Å². The van der Waals surface area contributed by atoms with Crippen LogP contribution in [0.15, 0.2) is 53.7 Å². The van der Waals surface area contributed by atoms with E-state index in [1.165, 1.54) is 37.5 Å². The number of ketones is 1. The molecule has 0 amide bonds. The second-order valence-electron chi connectivity index (χ2n) is 8.30. The third-order valence-electron chi connectivity index (χ3n) is 6.19. The minimum Gasteiger partial charge on any atom is -0.300 e. The van der Waals surface area contributed by atoms with Gasteiger partial charge in [-0.1, -0.05) is 12.1 Å². The number of carbonyl (C=O) groups excluding carboxylic acids is 1. The van der Waals surface area contributed by atoms with E-state index in [-0.39, 0.29) is 22.1 Å². The van der Waals surface area contributed by atoms with Crippen LogP contribution in [0.5, 0.6) is 0 Å². The number of rotatable bonds is 6. The molecule has 0 N–H and O–H groups in total. The highest BCUT2D eigenvalue weighted by atomic mass is 32.2. The predicted molar refractivity (Wildman–Crippen MR) is 111 cm³/mol. The average Bonchev–Trinajstić information content (AvgIpc) is 3.49. The Bertz CT molecular complexity index is 986. The van der Waals surface area contributed by atoms with E-state index >= 15 is 0 Å². The van der Waals surface area contributed by atoms with Crippen molar-refractivity contribution in [2.24, 2.45) is 0 Å². The van der Waals surface area contributed by atoms with E-state index in [9.17, 15) is 13.2 Å². The molecule has 1 aromatic carbocycles. The van der Waals surface area contributed by atoms with Crippen molar-refractivity contribution in [1.82, 2.24) is 14.2 Å². The molecule has 0 unspecified atom stereocenters. The summed E-state index contributed by atoms with van der Waals surface area (Å²) >= 11 is 0. The van der Waals surface area contributed by atoms with Crippen LogP contribution >= 0.6 is 0 Å². The van der Waals surface area contributed by atoms with Crippen LogP contribution in [0, 0.1) is 0 Å². The monoisotopic (exact) mass is 413 g/mol. The Hall–Kier alpha value is -2.09. The highest BCUT2D eigenvalue weighted by molar-refractivity contribution is 7.89. The van der Waals surface area contributed by atoms with Gasteiger partial charge in [0.1, 0.15) is 0 Å². The lowest BCUT2D eigenvalue weighted by molar-refractivity contribution is 0.101. The van der Waals surface area contributed by atoms with Gasteiger partial charge in [-0.2, -0.15) is 4.31 Å². The first-order valence-electron chi connectivity index (χ1n) is 10.1. The number of aromatic nitrogens is 1. The smallest absolute Gasteiger partial charge is 0.243 e. The van der Waals surface area contributed by atoms with Crippen LogP contribution in [-0.4, -0.2) is 60.6 Å². The summed E-state index contributed by atoms with van der Waals surface area (Å²) in [5.41, 5.74) is 2.06. The topological polar surface area (TPSA) is 70.6 Å². The van der Waals surface area contributed by atoms with Gasteiger partial charge in [-0.15, -0.1) is 0 Å². The molecule has 6 nitrogen and oxygen atoms in total. The fourth-order valence-electron chi connectivity index (χ4n) is 4.34. The normalized spacial score (nSPS) is 22.3. The highest BCUT2D eigenvalue weighted by Crippen LogP contribution is 2.48. The zero-order valence-electron chi connectivity index (χ0n) is 16.9. The predicted octanol–water partition coefficient (Wildman–Crippen LogP) is 2.71. The lowest BCUT2D eigenvalue weighted by Crippen LogP contribution is -2.55. The second-order valence-corrected chi connectivity index (χ2v) is 10.2. The molecule has 1 saturated carbocycles. The largest absolute Gasteiger partial charge is 0.300 e. The zero-order valence-corrected chi connectivity index (χ0v) is 17.7. The van der Waals surface area contributed by atoms with Crippen molar-refractivity contribution in [2.45, 2.75) is 43.0 Å². The van der Waals surface area contributed by atoms with E-state index < -0.39 is 10.0 Å². The molecule has 1 saturated heterocycles. The summed E-state index contributed by atoms with van der Waals surface area (Å²) in [6, 6.07) is 10.3. The van der Waals surface area contributed by atoms with Crippen LogP contribution in [0.1, 0.15) is 42.6 Å². The Kier molecular flexibility index (Phi) is 5.31. The van der Waals surface area contributed by atoms with Crippen LogP contribution in [-0.2, 0) is 15.4 Å². The van der Waals surface area contributed by atoms with Gasteiger partial charge in [0.15, 0.2) is 5.78 Å². The van der Waals surface area contributed by atoms with Gasteiger partial charge in [-0.3, -0.25) is 14.7 Å². The van der Waals surface area contributed by atoms with Crippen LogP contribution in [0.4, 0.5) is 0 Å². The van der Waals surface area contributed by atoms with Crippen molar-refractivity contribution in [3.05, 3.63) is 59.9 Å². The van der Waals surface area contributed by atoms with E-state index in [1.54, 1.807) is 16.4 Å². The van der Waals surface area contributed by atoms with Crippen molar-refractivity contribution in [1.29, 1.82) is 0 Å². The molecule has 29 heavy (non-hydrogen) atoms. The van der Waals surface area contributed by atoms with Gasteiger partial charge in [0, 0.05) is 55.6 Å². The lowest BCUT2D eigenvalue weighted by atomic mass is 9.96. The van der Waals surface area contributed by atoms with Crippen molar-refractivity contribution < 1.29 is 13.2 Å². The highest BCUT2D eigenvalue weighted by Gasteiger charge is 2.46. The minimum absolute atomic E-state index is 0.0702. The van der Waals surface area contributed by atoms with Gasteiger partial charge < -0.3 is 0 Å². The number of hydrogen-bond donors (Lipinski definition) is 0. The number of piperazine rings is 1. The summed E-state index contributed by atoms with van der Waals surface area (Å²) in [4.78, 5) is 18.2. The Morgan fingerprint density at radius 3 is 2.31 bits per heavy atom. The van der Waals surface area contributed by atoms with Gasteiger partial charge in [-0.05, 0) is 56.5 Å². The number of carbonyl (C=O) groups is 1. The summed E-state index contributed by atoms with van der Waals surface area (Å²) in [6.45, 7) is 6.33. The molecule has 154 valence electrons. The molecule has 1 aliphatic carbocycles. The Balaban J connectivity index is 1.44. The Morgan fingerprint density at radius 1 is 1.10 bits per heavy atom. The van der Waals surface area contributed by atoms with Crippen LogP contribution < -0.4 is 0 Å². The molecule has 2 aromatic rings. The first-order chi connectivity index (χ1) is 13.8. The van der Waals surface area contributed by atoms with Crippen molar-refractivity contribution >= 4 is 15.8 Å². The SMILES string of the molecule is CC(=O)c1ccc(S(=O)(=O)N2CCN(CC3(c4ccncc4)CC3)C[C@H]2C)cc1. The Labute approximate surface area is 172 Å². The maximum atomic E-state index is 13.1. The van der Waals surface area contributed by atoms with Gasteiger partial charge in [0.2, 0.25) is 10.0 Å². The van der Waals surface area contributed by atoms with E-state index in [1.807, 2.05) is 19.3 Å². The molecular weight excluding hydrogens is 386 g/mol. The first kappa shape index (κ1) is 20.2. The summed E-state index contributed by atoms with van der Waals surface area (Å²) in [6.07, 6.45) is 6.04. The fourth-order valence-corrected chi connectivity index (χ4v) is 5.95. The molecule has 0 bridgehead atoms. The van der Waals surface area contributed by atoms with Gasteiger partial charge >= 0.3 is 0 Å². The molecule has 1 aromatic heterocycles. The molecule has 4 rings (SSSR count). The molecule has 0 spiro atoms. The molecular formula is C22H27N3O3S. The van der Waals surface area contributed by atoms with Gasteiger partial charge in [0.05, 0.1) is 4.90 Å². The minimum atomic E-state index is -3.57. The van der Waals surface area contributed by atoms with Crippen molar-refractivity contribution in [2.75, 3.05) is 26.2 Å². The average molecular weight is 414 g/mol. The lowest BCUT2D eigenvalue weighted by Gasteiger charge is -2.40. The van der Waals surface area contributed by atoms with Crippen LogP contribution in [0.2, 0.25) is 0 Å². The third kappa shape index (κ3) is 3.99. The zero-order chi connectivity index (χ0) is 20.6. The molecule has 2 fully saturated rings. The molecule has 2 heterocycles. The number of Topliss-reactive ketones (excluding diaryl/α,β-unsaturated/α-hetero) is 1. The molecule has 1 aliphatic heterocycles. The van der Waals surface area contributed by atoms with E-state index in [0.717, 1.165) is 19.6 Å². The molecule has 2 aliphatic rings. The summed E-state index contributed by atoms with van der Waals surface area (Å²) in [7, 11) is -3.57. The van der Waals surface area contributed by atoms with Crippen LogP contribution in [0.25, 0.3) is 0 Å². The summed E-state index contributed by atoms with van der Waals surface area (Å²) in [5.74, 6) is -0.0702. The third-order valence-corrected chi connectivity index (χ3v) is 8.22. The van der Waals surface area contributed by atoms with E-state index in [2.05, 4.69) is 22.0 Å².